The standard InChI is InChI=1S/C12H11BrFN3O/c13-10-7-8(14)1-2-9(10)12(18)17-4-3-11-15-5-6-16-11/h1-2,5-7H,3-4H2,(H,15,16)(H,17,18). The number of carbonyl (C=O) groups is 1. The van der Waals surface area contributed by atoms with Crippen molar-refractivity contribution in [1.29, 1.82) is 0 Å². The second kappa shape index (κ2) is 5.77. The van der Waals surface area contributed by atoms with Gasteiger partial charge in [0.25, 0.3) is 5.91 Å². The smallest absolute Gasteiger partial charge is 0.252 e. The highest BCUT2D eigenvalue weighted by molar-refractivity contribution is 9.10. The molecule has 0 aliphatic rings. The Hall–Kier alpha value is -1.69. The molecule has 0 spiro atoms. The lowest BCUT2D eigenvalue weighted by Crippen LogP contribution is -2.26. The third-order valence-corrected chi connectivity index (χ3v) is 3.03. The first-order chi connectivity index (χ1) is 8.66. The van der Waals surface area contributed by atoms with Crippen LogP contribution >= 0.6 is 15.9 Å². The topological polar surface area (TPSA) is 57.8 Å². The second-order valence-electron chi connectivity index (χ2n) is 3.67. The van der Waals surface area contributed by atoms with Crippen molar-refractivity contribution < 1.29 is 9.18 Å². The Bertz CT molecular complexity index is 542. The number of aromatic nitrogens is 2. The number of hydrogen-bond acceptors (Lipinski definition) is 2. The minimum absolute atomic E-state index is 0.242. The van der Waals surface area contributed by atoms with E-state index in [2.05, 4.69) is 31.2 Å². The molecule has 94 valence electrons. The molecule has 0 unspecified atom stereocenters. The van der Waals surface area contributed by atoms with Gasteiger partial charge in [0.2, 0.25) is 0 Å². The first-order valence-corrected chi connectivity index (χ1v) is 6.17. The lowest BCUT2D eigenvalue weighted by molar-refractivity contribution is 0.0953. The number of aromatic amines is 1. The number of amides is 1. The number of hydrogen-bond donors (Lipinski definition) is 2. The Morgan fingerprint density at radius 1 is 1.50 bits per heavy atom. The molecule has 0 radical (unpaired) electrons. The van der Waals surface area contributed by atoms with Crippen molar-refractivity contribution in [3.63, 3.8) is 0 Å². The third kappa shape index (κ3) is 3.16. The van der Waals surface area contributed by atoms with Crippen LogP contribution in [0.3, 0.4) is 0 Å². The number of H-pyrrole nitrogens is 1. The zero-order chi connectivity index (χ0) is 13.0. The van der Waals surface area contributed by atoms with Crippen molar-refractivity contribution in [3.8, 4) is 0 Å². The van der Waals surface area contributed by atoms with Gasteiger partial charge in [-0.05, 0) is 34.1 Å². The summed E-state index contributed by atoms with van der Waals surface area (Å²) < 4.78 is 13.3. The van der Waals surface area contributed by atoms with Gasteiger partial charge in [-0.3, -0.25) is 4.79 Å². The molecule has 18 heavy (non-hydrogen) atoms. The predicted octanol–water partition coefficient (Wildman–Crippen LogP) is 2.28. The van der Waals surface area contributed by atoms with Crippen LogP contribution in [0.5, 0.6) is 0 Å². The number of carbonyl (C=O) groups excluding carboxylic acids is 1. The molecule has 0 atom stereocenters. The second-order valence-corrected chi connectivity index (χ2v) is 4.52. The molecule has 1 amide bonds. The summed E-state index contributed by atoms with van der Waals surface area (Å²) in [7, 11) is 0. The van der Waals surface area contributed by atoms with Gasteiger partial charge in [-0.2, -0.15) is 0 Å². The van der Waals surface area contributed by atoms with E-state index in [4.69, 9.17) is 0 Å². The molecule has 0 bridgehead atoms. The highest BCUT2D eigenvalue weighted by Gasteiger charge is 2.10. The monoisotopic (exact) mass is 311 g/mol. The van der Waals surface area contributed by atoms with Gasteiger partial charge < -0.3 is 10.3 Å². The predicted molar refractivity (Wildman–Crippen MR) is 68.7 cm³/mol. The Labute approximate surface area is 112 Å². The van der Waals surface area contributed by atoms with Crippen molar-refractivity contribution in [1.82, 2.24) is 15.3 Å². The first-order valence-electron chi connectivity index (χ1n) is 5.38. The van der Waals surface area contributed by atoms with Gasteiger partial charge in [0.1, 0.15) is 11.6 Å². The summed E-state index contributed by atoms with van der Waals surface area (Å²) in [6, 6.07) is 3.97. The molecule has 0 saturated carbocycles. The van der Waals surface area contributed by atoms with Gasteiger partial charge in [0.15, 0.2) is 0 Å². The molecular weight excluding hydrogens is 301 g/mol. The molecule has 6 heteroatoms. The van der Waals surface area contributed by atoms with Crippen LogP contribution in [-0.2, 0) is 6.42 Å². The minimum Gasteiger partial charge on any atom is -0.352 e. The fraction of sp³-hybridized carbons (Fsp3) is 0.167. The van der Waals surface area contributed by atoms with Crippen LogP contribution < -0.4 is 5.32 Å². The molecule has 2 rings (SSSR count). The van der Waals surface area contributed by atoms with E-state index in [1.54, 1.807) is 12.4 Å². The van der Waals surface area contributed by atoms with Crippen LogP contribution in [0.1, 0.15) is 16.2 Å². The number of halogens is 2. The number of imidazole rings is 1. The summed E-state index contributed by atoms with van der Waals surface area (Å²) in [6.07, 6.45) is 4.01. The summed E-state index contributed by atoms with van der Waals surface area (Å²) in [4.78, 5) is 18.8. The average Bonchev–Trinajstić information content (AvgIpc) is 2.81. The number of nitrogens with one attached hydrogen (secondary N) is 2. The van der Waals surface area contributed by atoms with Crippen molar-refractivity contribution in [2.45, 2.75) is 6.42 Å². The van der Waals surface area contributed by atoms with Crippen molar-refractivity contribution in [2.24, 2.45) is 0 Å². The van der Waals surface area contributed by atoms with Gasteiger partial charge in [0, 0.05) is 29.8 Å². The maximum Gasteiger partial charge on any atom is 0.252 e. The average molecular weight is 312 g/mol. The van der Waals surface area contributed by atoms with Crippen LogP contribution in [-0.4, -0.2) is 22.4 Å². The maximum atomic E-state index is 12.9. The van der Waals surface area contributed by atoms with Gasteiger partial charge in [-0.1, -0.05) is 0 Å². The largest absolute Gasteiger partial charge is 0.352 e. The van der Waals surface area contributed by atoms with E-state index in [1.165, 1.54) is 18.2 Å². The molecule has 0 aliphatic heterocycles. The first kappa shape index (κ1) is 12.8. The molecule has 0 saturated heterocycles. The highest BCUT2D eigenvalue weighted by Crippen LogP contribution is 2.17. The van der Waals surface area contributed by atoms with Gasteiger partial charge in [-0.25, -0.2) is 9.37 Å². The maximum absolute atomic E-state index is 12.9. The fourth-order valence-corrected chi connectivity index (χ4v) is 2.03. The van der Waals surface area contributed by atoms with E-state index in [-0.39, 0.29) is 11.7 Å². The number of benzene rings is 1. The molecule has 1 aromatic heterocycles. The van der Waals surface area contributed by atoms with Gasteiger partial charge in [-0.15, -0.1) is 0 Å². The summed E-state index contributed by atoms with van der Waals surface area (Å²) in [5.41, 5.74) is 0.413. The Balaban J connectivity index is 1.91. The molecule has 1 aromatic carbocycles. The SMILES string of the molecule is O=C(NCCc1ncc[nH]1)c1ccc(F)cc1Br. The van der Waals surface area contributed by atoms with Crippen molar-refractivity contribution >= 4 is 21.8 Å². The summed E-state index contributed by atoms with van der Waals surface area (Å²) in [6.45, 7) is 0.468. The molecular formula is C12H11BrFN3O. The summed E-state index contributed by atoms with van der Waals surface area (Å²) in [5.74, 6) is 0.191. The normalized spacial score (nSPS) is 10.3. The molecule has 2 N–H and O–H groups in total. The molecule has 0 fully saturated rings. The van der Waals surface area contributed by atoms with Gasteiger partial charge >= 0.3 is 0 Å². The van der Waals surface area contributed by atoms with E-state index in [9.17, 15) is 9.18 Å². The summed E-state index contributed by atoms with van der Waals surface area (Å²) in [5, 5.41) is 2.75. The van der Waals surface area contributed by atoms with Crippen LogP contribution in [0, 0.1) is 5.82 Å². The molecule has 1 heterocycles. The van der Waals surface area contributed by atoms with E-state index >= 15 is 0 Å². The van der Waals surface area contributed by atoms with E-state index in [0.29, 0.717) is 23.0 Å². The number of nitrogens with zero attached hydrogens (tertiary/aromatic N) is 1. The molecule has 0 aliphatic carbocycles. The highest BCUT2D eigenvalue weighted by atomic mass is 79.9. The minimum atomic E-state index is -0.381. The summed E-state index contributed by atoms with van der Waals surface area (Å²) >= 11 is 3.16. The van der Waals surface area contributed by atoms with E-state index in [0.717, 1.165) is 5.82 Å². The van der Waals surface area contributed by atoms with Crippen LogP contribution in [0.25, 0.3) is 0 Å². The zero-order valence-electron chi connectivity index (χ0n) is 9.41. The fourth-order valence-electron chi connectivity index (χ4n) is 1.50. The van der Waals surface area contributed by atoms with Crippen LogP contribution in [0.2, 0.25) is 0 Å². The van der Waals surface area contributed by atoms with E-state index in [1.807, 2.05) is 0 Å². The lowest BCUT2D eigenvalue weighted by Gasteiger charge is -2.06. The van der Waals surface area contributed by atoms with E-state index < -0.39 is 0 Å². The van der Waals surface area contributed by atoms with Crippen molar-refractivity contribution in [2.75, 3.05) is 6.54 Å². The Morgan fingerprint density at radius 2 is 2.33 bits per heavy atom. The lowest BCUT2D eigenvalue weighted by atomic mass is 10.2. The third-order valence-electron chi connectivity index (χ3n) is 2.38. The van der Waals surface area contributed by atoms with Crippen LogP contribution in [0.4, 0.5) is 4.39 Å². The van der Waals surface area contributed by atoms with Crippen LogP contribution in [0.15, 0.2) is 35.1 Å². The molecule has 2 aromatic rings. The zero-order valence-corrected chi connectivity index (χ0v) is 11.0. The molecule has 4 nitrogen and oxygen atoms in total. The quantitative estimate of drug-likeness (QED) is 0.910. The Morgan fingerprint density at radius 3 is 3.00 bits per heavy atom. The van der Waals surface area contributed by atoms with Crippen molar-refractivity contribution in [3.05, 3.63) is 52.3 Å². The van der Waals surface area contributed by atoms with Gasteiger partial charge in [0.05, 0.1) is 5.56 Å². The Kier molecular flexibility index (Phi) is 4.09. The number of rotatable bonds is 4.